The summed E-state index contributed by atoms with van der Waals surface area (Å²) in [6.07, 6.45) is 1.77. The lowest BCUT2D eigenvalue weighted by Crippen LogP contribution is -2.52. The Morgan fingerprint density at radius 3 is 2.06 bits per heavy atom. The van der Waals surface area contributed by atoms with E-state index in [1.54, 1.807) is 6.20 Å². The van der Waals surface area contributed by atoms with Gasteiger partial charge in [0.2, 0.25) is 11.7 Å². The van der Waals surface area contributed by atoms with E-state index in [-0.39, 0.29) is 18.0 Å². The molecule has 8 heteroatoms. The van der Waals surface area contributed by atoms with Crippen LogP contribution in [0.3, 0.4) is 0 Å². The molecule has 0 saturated carbocycles. The maximum atomic E-state index is 13.2. The Hall–Kier alpha value is -4.20. The van der Waals surface area contributed by atoms with Gasteiger partial charge in [-0.3, -0.25) is 0 Å². The number of nitrogens with one attached hydrogen (secondary N) is 1. The highest BCUT2D eigenvalue weighted by Gasteiger charge is 2.25. The minimum absolute atomic E-state index is 0.0614. The summed E-state index contributed by atoms with van der Waals surface area (Å²) in [4.78, 5) is 26.3. The predicted molar refractivity (Wildman–Crippen MR) is 139 cm³/mol. The van der Waals surface area contributed by atoms with Crippen LogP contribution < -0.4 is 10.2 Å². The fourth-order valence-corrected chi connectivity index (χ4v) is 4.30. The van der Waals surface area contributed by atoms with Gasteiger partial charge in [0.05, 0.1) is 6.04 Å². The minimum Gasteiger partial charge on any atom is -0.353 e. The molecule has 0 atom stereocenters. The Bertz CT molecular complexity index is 1230. The second-order valence-electron chi connectivity index (χ2n) is 9.19. The Morgan fingerprint density at radius 2 is 1.53 bits per heavy atom. The van der Waals surface area contributed by atoms with E-state index in [9.17, 15) is 4.79 Å². The fraction of sp³-hybridized carbons (Fsp3) is 0.286. The molecule has 1 N–H and O–H groups in total. The van der Waals surface area contributed by atoms with Crippen molar-refractivity contribution >= 4 is 11.8 Å². The van der Waals surface area contributed by atoms with Gasteiger partial charge >= 0.3 is 6.03 Å². The molecule has 2 aromatic heterocycles. The third-order valence-electron chi connectivity index (χ3n) is 6.37. The highest BCUT2D eigenvalue weighted by Crippen LogP contribution is 2.24. The smallest absolute Gasteiger partial charge is 0.318 e. The molecule has 1 aliphatic heterocycles. The van der Waals surface area contributed by atoms with E-state index >= 15 is 0 Å². The van der Waals surface area contributed by atoms with E-state index in [0.717, 1.165) is 22.5 Å². The number of benzene rings is 2. The lowest BCUT2D eigenvalue weighted by Gasteiger charge is -2.36. The number of aromatic nitrogens is 3. The molecule has 8 nitrogen and oxygen atoms in total. The summed E-state index contributed by atoms with van der Waals surface area (Å²) >= 11 is 0. The van der Waals surface area contributed by atoms with Crippen molar-refractivity contribution in [1.82, 2.24) is 25.3 Å². The van der Waals surface area contributed by atoms with Crippen LogP contribution in [0.1, 0.15) is 42.8 Å². The lowest BCUT2D eigenvalue weighted by molar-refractivity contribution is 0.192. The Labute approximate surface area is 211 Å². The third-order valence-corrected chi connectivity index (χ3v) is 6.37. The summed E-state index contributed by atoms with van der Waals surface area (Å²) in [7, 11) is 0. The molecule has 1 aliphatic rings. The number of rotatable bonds is 6. The average molecular weight is 483 g/mol. The number of urea groups is 1. The molecule has 2 amide bonds. The molecule has 184 valence electrons. The molecule has 36 heavy (non-hydrogen) atoms. The maximum Gasteiger partial charge on any atom is 0.318 e. The van der Waals surface area contributed by atoms with E-state index < -0.39 is 0 Å². The Morgan fingerprint density at radius 1 is 0.889 bits per heavy atom. The molecule has 4 aromatic rings. The van der Waals surface area contributed by atoms with Crippen molar-refractivity contribution in [3.63, 3.8) is 0 Å². The van der Waals surface area contributed by atoms with Gasteiger partial charge in [-0.2, -0.15) is 4.98 Å². The zero-order valence-corrected chi connectivity index (χ0v) is 20.5. The molecule has 0 radical (unpaired) electrons. The lowest BCUT2D eigenvalue weighted by atomic mass is 9.99. The number of nitrogens with zero attached hydrogens (tertiary/aromatic N) is 5. The molecule has 0 unspecified atom stereocenters. The molecular weight excluding hydrogens is 452 g/mol. The first-order valence-corrected chi connectivity index (χ1v) is 12.3. The third kappa shape index (κ3) is 5.22. The van der Waals surface area contributed by atoms with Gasteiger partial charge in [-0.1, -0.05) is 79.7 Å². The minimum atomic E-state index is -0.200. The van der Waals surface area contributed by atoms with E-state index in [4.69, 9.17) is 4.52 Å². The van der Waals surface area contributed by atoms with Gasteiger partial charge < -0.3 is 19.6 Å². The predicted octanol–water partition coefficient (Wildman–Crippen LogP) is 4.88. The van der Waals surface area contributed by atoms with Crippen molar-refractivity contribution in [3.8, 4) is 11.4 Å². The van der Waals surface area contributed by atoms with Crippen LogP contribution in [0.4, 0.5) is 10.6 Å². The van der Waals surface area contributed by atoms with Gasteiger partial charge in [-0.15, -0.1) is 0 Å². The van der Waals surface area contributed by atoms with E-state index in [1.807, 2.05) is 91.5 Å². The number of hydrogen-bond donors (Lipinski definition) is 1. The topological polar surface area (TPSA) is 87.4 Å². The molecule has 1 fully saturated rings. The van der Waals surface area contributed by atoms with Gasteiger partial charge in [-0.05, 0) is 23.3 Å². The molecule has 0 spiro atoms. The molecular formula is C28H30N6O2. The normalized spacial score (nSPS) is 13.9. The summed E-state index contributed by atoms with van der Waals surface area (Å²) in [5.41, 5.74) is 2.93. The maximum absolute atomic E-state index is 13.2. The van der Waals surface area contributed by atoms with Gasteiger partial charge in [0, 0.05) is 43.9 Å². The number of pyridine rings is 1. The average Bonchev–Trinajstić information content (AvgIpc) is 3.44. The Kier molecular flexibility index (Phi) is 6.93. The number of carbonyl (C=O) groups is 1. The first-order chi connectivity index (χ1) is 17.6. The van der Waals surface area contributed by atoms with Crippen LogP contribution in [0, 0.1) is 0 Å². The number of hydrogen-bond acceptors (Lipinski definition) is 6. The SMILES string of the molecule is CC(C)c1nc(-c2ccc(N3CCN(C(=O)NC(c4ccccc4)c4ccccc4)CC3)nc2)no1. The number of carbonyl (C=O) groups excluding carboxylic acids is 1. The van der Waals surface area contributed by atoms with Crippen molar-refractivity contribution in [2.75, 3.05) is 31.1 Å². The molecule has 0 aliphatic carbocycles. The van der Waals surface area contributed by atoms with E-state index in [0.29, 0.717) is 37.9 Å². The van der Waals surface area contributed by atoms with Gasteiger partial charge in [-0.25, -0.2) is 9.78 Å². The highest BCUT2D eigenvalue weighted by atomic mass is 16.5. The largest absolute Gasteiger partial charge is 0.353 e. The summed E-state index contributed by atoms with van der Waals surface area (Å²) < 4.78 is 5.30. The second-order valence-corrected chi connectivity index (χ2v) is 9.19. The van der Waals surface area contributed by atoms with E-state index in [1.165, 1.54) is 0 Å². The zero-order valence-electron chi connectivity index (χ0n) is 20.5. The van der Waals surface area contributed by atoms with Crippen molar-refractivity contribution in [3.05, 3.63) is 96.0 Å². The summed E-state index contributed by atoms with van der Waals surface area (Å²) in [5.74, 6) is 2.22. The number of anilines is 1. The summed E-state index contributed by atoms with van der Waals surface area (Å²) in [6.45, 7) is 6.69. The van der Waals surface area contributed by atoms with Crippen molar-refractivity contribution in [2.45, 2.75) is 25.8 Å². The number of amides is 2. The van der Waals surface area contributed by atoms with E-state index in [2.05, 4.69) is 25.3 Å². The van der Waals surface area contributed by atoms with Crippen LogP contribution in [0.15, 0.2) is 83.5 Å². The first-order valence-electron chi connectivity index (χ1n) is 12.3. The molecule has 3 heterocycles. The van der Waals surface area contributed by atoms with Gasteiger partial charge in [0.15, 0.2) is 0 Å². The van der Waals surface area contributed by atoms with Gasteiger partial charge in [0.1, 0.15) is 5.82 Å². The standard InChI is InChI=1S/C28H30N6O2/c1-20(2)27-31-26(32-36-27)23-13-14-24(29-19-23)33-15-17-34(18-16-33)28(35)30-25(21-9-5-3-6-10-21)22-11-7-4-8-12-22/h3-14,19-20,25H,15-18H2,1-2H3,(H,30,35). The molecule has 1 saturated heterocycles. The second kappa shape index (κ2) is 10.6. The summed E-state index contributed by atoms with van der Waals surface area (Å²) in [6, 6.07) is 23.8. The molecule has 5 rings (SSSR count). The fourth-order valence-electron chi connectivity index (χ4n) is 4.30. The van der Waals surface area contributed by atoms with Gasteiger partial charge in [0.25, 0.3) is 0 Å². The van der Waals surface area contributed by atoms with Crippen LogP contribution in [0.2, 0.25) is 0 Å². The zero-order chi connectivity index (χ0) is 24.9. The Balaban J connectivity index is 1.21. The summed E-state index contributed by atoms with van der Waals surface area (Å²) in [5, 5.41) is 7.30. The molecule has 0 bridgehead atoms. The monoisotopic (exact) mass is 482 g/mol. The van der Waals surface area contributed by atoms with Crippen LogP contribution in [0.5, 0.6) is 0 Å². The molecule has 2 aromatic carbocycles. The van der Waals surface area contributed by atoms with Crippen LogP contribution in [-0.2, 0) is 0 Å². The van der Waals surface area contributed by atoms with Crippen molar-refractivity contribution in [2.24, 2.45) is 0 Å². The van der Waals surface area contributed by atoms with Crippen LogP contribution in [0.25, 0.3) is 11.4 Å². The van der Waals surface area contributed by atoms with Crippen molar-refractivity contribution < 1.29 is 9.32 Å². The number of piperazine rings is 1. The van der Waals surface area contributed by atoms with Crippen molar-refractivity contribution in [1.29, 1.82) is 0 Å². The first kappa shape index (κ1) is 23.5. The van der Waals surface area contributed by atoms with Crippen LogP contribution >= 0.6 is 0 Å². The quantitative estimate of drug-likeness (QED) is 0.422. The van der Waals surface area contributed by atoms with Crippen LogP contribution in [-0.4, -0.2) is 52.2 Å². The highest BCUT2D eigenvalue weighted by molar-refractivity contribution is 5.75.